The van der Waals surface area contributed by atoms with Crippen LogP contribution in [-0.2, 0) is 10.0 Å². The monoisotopic (exact) mass is 340 g/mol. The Hall–Kier alpha value is -0.760. The van der Waals surface area contributed by atoms with E-state index in [-0.39, 0.29) is 24.6 Å². The highest BCUT2D eigenvalue weighted by Crippen LogP contribution is 2.26. The van der Waals surface area contributed by atoms with Crippen LogP contribution in [0.25, 0.3) is 0 Å². The molecule has 8 heteroatoms. The zero-order valence-electron chi connectivity index (χ0n) is 11.5. The van der Waals surface area contributed by atoms with E-state index < -0.39 is 28.6 Å². The number of hydrogen-bond acceptors (Lipinski definition) is 3. The summed E-state index contributed by atoms with van der Waals surface area (Å²) in [5, 5.41) is 3.11. The quantitative estimate of drug-likeness (QED) is 0.890. The second kappa shape index (κ2) is 8.03. The van der Waals surface area contributed by atoms with Crippen molar-refractivity contribution in [3.63, 3.8) is 0 Å². The van der Waals surface area contributed by atoms with Gasteiger partial charge in [-0.3, -0.25) is 4.39 Å². The van der Waals surface area contributed by atoms with E-state index in [9.17, 15) is 17.2 Å². The second-order valence-corrected chi connectivity index (χ2v) is 6.79. The van der Waals surface area contributed by atoms with Gasteiger partial charge in [0.15, 0.2) is 0 Å². The molecule has 0 amide bonds. The topological polar surface area (TPSA) is 49.4 Å². The smallest absolute Gasteiger partial charge is 0.214 e. The summed E-state index contributed by atoms with van der Waals surface area (Å²) in [5.41, 5.74) is 0.612. The summed E-state index contributed by atoms with van der Waals surface area (Å²) >= 11 is 0. The Labute approximate surface area is 130 Å². The molecule has 21 heavy (non-hydrogen) atoms. The highest BCUT2D eigenvalue weighted by Gasteiger charge is 2.32. The minimum Gasteiger partial charge on any atom is -0.313 e. The number of sulfonamides is 1. The molecule has 0 radical (unpaired) electrons. The van der Waals surface area contributed by atoms with Crippen LogP contribution in [-0.4, -0.2) is 44.8 Å². The number of halogens is 3. The van der Waals surface area contributed by atoms with E-state index >= 15 is 0 Å². The summed E-state index contributed by atoms with van der Waals surface area (Å²) < 4.78 is 51.4. The summed E-state index contributed by atoms with van der Waals surface area (Å²) in [4.78, 5) is 0. The third-order valence-corrected chi connectivity index (χ3v) is 5.28. The number of nitrogens with one attached hydrogen (secondary N) is 1. The maximum Gasteiger partial charge on any atom is 0.214 e. The van der Waals surface area contributed by atoms with E-state index in [4.69, 9.17) is 0 Å². The van der Waals surface area contributed by atoms with Gasteiger partial charge in [-0.25, -0.2) is 12.8 Å². The van der Waals surface area contributed by atoms with Gasteiger partial charge in [0.05, 0.1) is 18.5 Å². The molecule has 0 spiro atoms. The Kier molecular flexibility index (Phi) is 6.99. The zero-order valence-corrected chi connectivity index (χ0v) is 13.1. The molecule has 0 bridgehead atoms. The van der Waals surface area contributed by atoms with Crippen LogP contribution in [0.2, 0.25) is 0 Å². The number of hydrogen-bond donors (Lipinski definition) is 1. The van der Waals surface area contributed by atoms with Crippen molar-refractivity contribution < 1.29 is 17.2 Å². The number of benzene rings is 1. The molecule has 1 aromatic rings. The molecule has 1 aliphatic heterocycles. The molecule has 0 saturated carbocycles. The predicted molar refractivity (Wildman–Crippen MR) is 80.3 cm³/mol. The molecule has 1 N–H and O–H groups in total. The van der Waals surface area contributed by atoms with Gasteiger partial charge >= 0.3 is 0 Å². The Balaban J connectivity index is 0.00000220. The van der Waals surface area contributed by atoms with Crippen molar-refractivity contribution in [1.82, 2.24) is 9.62 Å². The van der Waals surface area contributed by atoms with Gasteiger partial charge in [0.1, 0.15) is 5.82 Å². The Morgan fingerprint density at radius 2 is 2.14 bits per heavy atom. The van der Waals surface area contributed by atoms with Crippen LogP contribution >= 0.6 is 12.4 Å². The molecule has 1 fully saturated rings. The largest absolute Gasteiger partial charge is 0.313 e. The first-order valence-corrected chi connectivity index (χ1v) is 8.17. The average Bonchev–Trinajstić information content (AvgIpc) is 2.45. The van der Waals surface area contributed by atoms with Crippen molar-refractivity contribution in [3.05, 3.63) is 35.6 Å². The molecule has 0 aromatic heterocycles. The summed E-state index contributed by atoms with van der Waals surface area (Å²) in [5.74, 6) is -0.607. The van der Waals surface area contributed by atoms with Gasteiger partial charge < -0.3 is 5.32 Å². The van der Waals surface area contributed by atoms with E-state index in [2.05, 4.69) is 5.32 Å². The fourth-order valence-corrected chi connectivity index (χ4v) is 4.03. The number of rotatable bonds is 5. The van der Waals surface area contributed by atoms with Gasteiger partial charge in [0, 0.05) is 19.6 Å². The van der Waals surface area contributed by atoms with E-state index in [0.717, 1.165) is 0 Å². The lowest BCUT2D eigenvalue weighted by molar-refractivity contribution is 0.270. The van der Waals surface area contributed by atoms with Crippen molar-refractivity contribution in [2.75, 3.05) is 32.1 Å². The first kappa shape index (κ1) is 18.3. The summed E-state index contributed by atoms with van der Waals surface area (Å²) in [6.45, 7) is 0.630. The average molecular weight is 341 g/mol. The molecule has 0 aliphatic carbocycles. The lowest BCUT2D eigenvalue weighted by Crippen LogP contribution is -2.49. The molecule has 120 valence electrons. The first-order valence-electron chi connectivity index (χ1n) is 6.56. The maximum absolute atomic E-state index is 13.3. The maximum atomic E-state index is 13.3. The number of piperazine rings is 1. The third kappa shape index (κ3) is 4.60. The van der Waals surface area contributed by atoms with Gasteiger partial charge in [-0.1, -0.05) is 12.1 Å². The lowest BCUT2D eigenvalue weighted by atomic mass is 10.1. The van der Waals surface area contributed by atoms with Crippen LogP contribution in [0.1, 0.15) is 18.0 Å². The van der Waals surface area contributed by atoms with Gasteiger partial charge in [-0.15, -0.1) is 12.4 Å². The minimum absolute atomic E-state index is 0. The fraction of sp³-hybridized carbons (Fsp3) is 0.538. The summed E-state index contributed by atoms with van der Waals surface area (Å²) in [6, 6.07) is 5.49. The molecule has 1 atom stereocenters. The normalized spacial score (nSPS) is 20.0. The van der Waals surface area contributed by atoms with Gasteiger partial charge in [0.25, 0.3) is 0 Å². The second-order valence-electron chi connectivity index (χ2n) is 4.74. The van der Waals surface area contributed by atoms with Crippen LogP contribution in [0.3, 0.4) is 0 Å². The van der Waals surface area contributed by atoms with Crippen molar-refractivity contribution in [2.45, 2.75) is 12.5 Å². The van der Waals surface area contributed by atoms with Gasteiger partial charge in [0.2, 0.25) is 10.0 Å². The Morgan fingerprint density at radius 3 is 2.81 bits per heavy atom. The lowest BCUT2D eigenvalue weighted by Gasteiger charge is -2.35. The van der Waals surface area contributed by atoms with Crippen molar-refractivity contribution in [2.24, 2.45) is 0 Å². The molecule has 1 aromatic carbocycles. The standard InChI is InChI=1S/C13H18F2N2O2S.ClH/c14-5-2-8-20(18,19)17-7-6-16-10-13(17)11-3-1-4-12(15)9-11;/h1,3-4,9,13,16H,2,5-8,10H2;1H. The third-order valence-electron chi connectivity index (χ3n) is 3.32. The Morgan fingerprint density at radius 1 is 1.38 bits per heavy atom. The molecule has 1 aliphatic rings. The zero-order chi connectivity index (χ0) is 14.6. The van der Waals surface area contributed by atoms with Crippen LogP contribution in [0.15, 0.2) is 24.3 Å². The fourth-order valence-electron chi connectivity index (χ4n) is 2.37. The van der Waals surface area contributed by atoms with Crippen LogP contribution in [0.5, 0.6) is 0 Å². The van der Waals surface area contributed by atoms with Gasteiger partial charge in [-0.05, 0) is 24.1 Å². The first-order chi connectivity index (χ1) is 9.54. The van der Waals surface area contributed by atoms with Gasteiger partial charge in [-0.2, -0.15) is 4.31 Å². The summed E-state index contributed by atoms with van der Waals surface area (Å²) in [6.07, 6.45) is -0.0118. The van der Waals surface area contributed by atoms with Crippen LogP contribution in [0, 0.1) is 5.82 Å². The van der Waals surface area contributed by atoms with E-state index in [1.165, 1.54) is 16.4 Å². The number of nitrogens with zero attached hydrogens (tertiary/aromatic N) is 1. The molecular weight excluding hydrogens is 322 g/mol. The van der Waals surface area contributed by atoms with Crippen molar-refractivity contribution in [3.8, 4) is 0 Å². The molecule has 1 heterocycles. The SMILES string of the molecule is Cl.O=S(=O)(CCCF)N1CCNCC1c1cccc(F)c1. The molecule has 1 unspecified atom stereocenters. The van der Waals surface area contributed by atoms with Crippen LogP contribution < -0.4 is 5.32 Å². The summed E-state index contributed by atoms with van der Waals surface area (Å²) in [7, 11) is -3.52. The van der Waals surface area contributed by atoms with E-state index in [1.54, 1.807) is 12.1 Å². The predicted octanol–water partition coefficient (Wildman–Crippen LogP) is 1.88. The highest BCUT2D eigenvalue weighted by atomic mass is 35.5. The molecule has 1 saturated heterocycles. The highest BCUT2D eigenvalue weighted by molar-refractivity contribution is 7.89. The Bertz CT molecular complexity index is 557. The molecule has 2 rings (SSSR count). The number of alkyl halides is 1. The molecule has 4 nitrogen and oxygen atoms in total. The van der Waals surface area contributed by atoms with E-state index in [1.807, 2.05) is 0 Å². The van der Waals surface area contributed by atoms with E-state index in [0.29, 0.717) is 25.2 Å². The minimum atomic E-state index is -3.52. The van der Waals surface area contributed by atoms with Crippen molar-refractivity contribution in [1.29, 1.82) is 0 Å². The molecular formula is C13H19ClF2N2O2S. The van der Waals surface area contributed by atoms with Crippen molar-refractivity contribution >= 4 is 22.4 Å². The van der Waals surface area contributed by atoms with Crippen LogP contribution in [0.4, 0.5) is 8.78 Å².